The molecule has 0 atom stereocenters. The second-order valence-corrected chi connectivity index (χ2v) is 17.7. The van der Waals surface area contributed by atoms with E-state index in [4.69, 9.17) is 0 Å². The van der Waals surface area contributed by atoms with Crippen LogP contribution < -0.4 is 0 Å². The molecule has 0 bridgehead atoms. The van der Waals surface area contributed by atoms with E-state index in [0.29, 0.717) is 0 Å². The first kappa shape index (κ1) is 44.0. The lowest BCUT2D eigenvalue weighted by Crippen LogP contribution is -2.28. The van der Waals surface area contributed by atoms with Crippen molar-refractivity contribution in [1.29, 1.82) is 0 Å². The van der Waals surface area contributed by atoms with Gasteiger partial charge < -0.3 is 0 Å². The molecule has 1 aliphatic carbocycles. The summed E-state index contributed by atoms with van der Waals surface area (Å²) >= 11 is 0. The van der Waals surface area contributed by atoms with Crippen molar-refractivity contribution < 1.29 is 9.85 Å². The molecule has 6 heteroatoms. The van der Waals surface area contributed by atoms with E-state index in [0.717, 1.165) is 100 Å². The van der Waals surface area contributed by atoms with Crippen LogP contribution in [-0.2, 0) is 5.41 Å². The van der Waals surface area contributed by atoms with E-state index in [1.807, 2.05) is 72.8 Å². The summed E-state index contributed by atoms with van der Waals surface area (Å²) in [5.41, 5.74) is 17.3. The summed E-state index contributed by atoms with van der Waals surface area (Å²) in [4.78, 5) is 23.4. The SMILES string of the molecule is O=[N+]([O-])c1ccc(C2(c3ccc([N+](=O)[O-])cc3)c3cc(-c4ccc(/C(=C/c5ccccc5)c5ccccc5)cc4)ccc3-c3ccc(-c4ccc(/C(=C/c5ccccc5)c5ccccc5)cc4)cc32)cc1. The molecule has 0 heterocycles. The summed E-state index contributed by atoms with van der Waals surface area (Å²) < 4.78 is 0. The lowest BCUT2D eigenvalue weighted by Gasteiger charge is -2.34. The molecule has 6 nitrogen and oxygen atoms in total. The van der Waals surface area contributed by atoms with Crippen molar-refractivity contribution in [2.24, 2.45) is 0 Å². The number of nitro groups is 2. The van der Waals surface area contributed by atoms with Crippen molar-refractivity contribution in [1.82, 2.24) is 0 Å². The average molecular weight is 917 g/mol. The number of benzene rings is 10. The fraction of sp³-hybridized carbons (Fsp3) is 0.0154. The molecule has 338 valence electrons. The maximum atomic E-state index is 12.1. The van der Waals surface area contributed by atoms with Crippen LogP contribution in [-0.4, -0.2) is 9.85 Å². The average Bonchev–Trinajstić information content (AvgIpc) is 3.72. The largest absolute Gasteiger partial charge is 0.269 e. The Labute approximate surface area is 412 Å². The van der Waals surface area contributed by atoms with Gasteiger partial charge in [0.2, 0.25) is 0 Å². The van der Waals surface area contributed by atoms with E-state index in [-0.39, 0.29) is 21.2 Å². The summed E-state index contributed by atoms with van der Waals surface area (Å²) in [6.45, 7) is 0. The van der Waals surface area contributed by atoms with Gasteiger partial charge in [-0.3, -0.25) is 20.2 Å². The Bertz CT molecular complexity index is 3380. The van der Waals surface area contributed by atoms with Crippen LogP contribution in [0.5, 0.6) is 0 Å². The van der Waals surface area contributed by atoms with E-state index in [1.165, 1.54) is 0 Å². The molecule has 71 heavy (non-hydrogen) atoms. The molecule has 11 rings (SSSR count). The Balaban J connectivity index is 1.06. The third-order valence-electron chi connectivity index (χ3n) is 13.6. The zero-order valence-corrected chi connectivity index (χ0v) is 38.4. The highest BCUT2D eigenvalue weighted by Crippen LogP contribution is 2.58. The Hall–Kier alpha value is -9.52. The highest BCUT2D eigenvalue weighted by Gasteiger charge is 2.47. The minimum Gasteiger partial charge on any atom is -0.258 e. The zero-order valence-electron chi connectivity index (χ0n) is 38.4. The highest BCUT2D eigenvalue weighted by molar-refractivity contribution is 5.94. The van der Waals surface area contributed by atoms with Gasteiger partial charge in [-0.25, -0.2) is 0 Å². The number of fused-ring (bicyclic) bond motifs is 3. The fourth-order valence-corrected chi connectivity index (χ4v) is 10.2. The quantitative estimate of drug-likeness (QED) is 0.0694. The molecular weight excluding hydrogens is 873 g/mol. The second-order valence-electron chi connectivity index (χ2n) is 17.7. The van der Waals surface area contributed by atoms with Crippen molar-refractivity contribution in [3.63, 3.8) is 0 Å². The molecule has 0 radical (unpaired) electrons. The van der Waals surface area contributed by atoms with Gasteiger partial charge >= 0.3 is 0 Å². The van der Waals surface area contributed by atoms with Gasteiger partial charge in [0.05, 0.1) is 15.3 Å². The van der Waals surface area contributed by atoms with E-state index >= 15 is 0 Å². The van der Waals surface area contributed by atoms with Crippen molar-refractivity contribution in [2.45, 2.75) is 5.41 Å². The topological polar surface area (TPSA) is 86.3 Å². The van der Waals surface area contributed by atoms with E-state index in [9.17, 15) is 20.2 Å². The third kappa shape index (κ3) is 8.45. The number of hydrogen-bond donors (Lipinski definition) is 0. The second kappa shape index (κ2) is 18.9. The zero-order chi connectivity index (χ0) is 48.3. The van der Waals surface area contributed by atoms with Crippen molar-refractivity contribution >= 4 is 34.7 Å². The molecule has 10 aromatic rings. The number of non-ortho nitro benzene ring substituents is 2. The first-order valence-corrected chi connectivity index (χ1v) is 23.5. The van der Waals surface area contributed by atoms with E-state index in [2.05, 4.69) is 170 Å². The van der Waals surface area contributed by atoms with Crippen LogP contribution in [0.25, 0.3) is 56.7 Å². The van der Waals surface area contributed by atoms with Crippen LogP contribution in [0.15, 0.2) is 255 Å². The summed E-state index contributed by atoms with van der Waals surface area (Å²) in [7, 11) is 0. The van der Waals surface area contributed by atoms with Gasteiger partial charge in [-0.2, -0.15) is 0 Å². The first-order valence-electron chi connectivity index (χ1n) is 23.5. The van der Waals surface area contributed by atoms with Gasteiger partial charge in [0.1, 0.15) is 0 Å². The summed E-state index contributed by atoms with van der Waals surface area (Å²) in [6.07, 6.45) is 4.43. The Morgan fingerprint density at radius 1 is 0.338 bits per heavy atom. The van der Waals surface area contributed by atoms with Crippen molar-refractivity contribution in [2.75, 3.05) is 0 Å². The molecule has 0 saturated carbocycles. The molecule has 1 aliphatic rings. The number of nitro benzene ring substituents is 2. The molecule has 0 fully saturated rings. The van der Waals surface area contributed by atoms with Crippen molar-refractivity contribution in [3.05, 3.63) is 331 Å². The van der Waals surface area contributed by atoms with Crippen LogP contribution in [0.2, 0.25) is 0 Å². The standard InChI is InChI=1S/C65H44N2O4/c68-66(69)57-35-31-55(32-36-57)65(56-33-37-58(38-34-56)67(70)71)63-43-53(47-21-25-51(26-22-47)61(49-17-9-3-10-18-49)41-45-13-5-1-6-14-45)29-39-59(63)60-40-30-54(44-64(60)65)48-23-27-52(28-24-48)62(50-19-11-4-12-20-50)42-46-15-7-2-8-16-46/h1-44H/b61-41+,62-42+. The predicted octanol–water partition coefficient (Wildman–Crippen LogP) is 16.4. The maximum Gasteiger partial charge on any atom is 0.269 e. The Morgan fingerprint density at radius 2 is 0.648 bits per heavy atom. The fourth-order valence-electron chi connectivity index (χ4n) is 10.2. The number of rotatable bonds is 12. The molecule has 10 aromatic carbocycles. The highest BCUT2D eigenvalue weighted by atomic mass is 16.6. The molecular formula is C65H44N2O4. The summed E-state index contributed by atoms with van der Waals surface area (Å²) in [5, 5.41) is 24.2. The van der Waals surface area contributed by atoms with Crippen LogP contribution in [0.4, 0.5) is 11.4 Å². The summed E-state index contributed by atoms with van der Waals surface area (Å²) in [5.74, 6) is 0. The first-order chi connectivity index (χ1) is 34.8. The van der Waals surface area contributed by atoms with Gasteiger partial charge in [0.25, 0.3) is 11.4 Å². The van der Waals surface area contributed by atoms with Crippen LogP contribution in [0, 0.1) is 20.2 Å². The van der Waals surface area contributed by atoms with Gasteiger partial charge in [0.15, 0.2) is 0 Å². The van der Waals surface area contributed by atoms with Crippen LogP contribution in [0.3, 0.4) is 0 Å². The van der Waals surface area contributed by atoms with E-state index in [1.54, 1.807) is 24.3 Å². The van der Waals surface area contributed by atoms with Crippen LogP contribution in [0.1, 0.15) is 55.6 Å². The molecule has 0 saturated heterocycles. The van der Waals surface area contributed by atoms with Crippen molar-refractivity contribution in [3.8, 4) is 33.4 Å². The smallest absolute Gasteiger partial charge is 0.258 e. The predicted molar refractivity (Wildman–Crippen MR) is 288 cm³/mol. The van der Waals surface area contributed by atoms with Gasteiger partial charge in [-0.05, 0) is 124 Å². The third-order valence-corrected chi connectivity index (χ3v) is 13.6. The lowest BCUT2D eigenvalue weighted by atomic mass is 9.67. The molecule has 0 aliphatic heterocycles. The van der Waals surface area contributed by atoms with Crippen LogP contribution >= 0.6 is 0 Å². The van der Waals surface area contributed by atoms with Gasteiger partial charge in [-0.15, -0.1) is 0 Å². The maximum absolute atomic E-state index is 12.1. The molecule has 0 N–H and O–H groups in total. The minimum atomic E-state index is -1.03. The summed E-state index contributed by atoms with van der Waals surface area (Å²) in [6, 6.07) is 85.3. The molecule has 0 spiro atoms. The molecule has 0 unspecified atom stereocenters. The normalized spacial score (nSPS) is 12.7. The molecule has 0 aromatic heterocycles. The monoisotopic (exact) mass is 916 g/mol. The van der Waals surface area contributed by atoms with Gasteiger partial charge in [0, 0.05) is 24.3 Å². The number of hydrogen-bond acceptors (Lipinski definition) is 4. The van der Waals surface area contributed by atoms with E-state index < -0.39 is 5.41 Å². The number of nitrogens with zero attached hydrogens (tertiary/aromatic N) is 2. The molecule has 0 amide bonds. The minimum absolute atomic E-state index is 0.0268. The Morgan fingerprint density at radius 3 is 0.986 bits per heavy atom. The Kier molecular flexibility index (Phi) is 11.7. The lowest BCUT2D eigenvalue weighted by molar-refractivity contribution is -0.385. The van der Waals surface area contributed by atoms with Gasteiger partial charge in [-0.1, -0.05) is 218 Å².